The first-order valence-electron chi connectivity index (χ1n) is 9.46. The predicted octanol–water partition coefficient (Wildman–Crippen LogP) is 3.35. The maximum absolute atomic E-state index is 12.1. The Balaban J connectivity index is 1.45. The van der Waals surface area contributed by atoms with Crippen molar-refractivity contribution in [2.75, 3.05) is 20.8 Å². The number of amides is 1. The van der Waals surface area contributed by atoms with E-state index in [0.29, 0.717) is 49.0 Å². The van der Waals surface area contributed by atoms with Crippen LogP contribution in [0, 0.1) is 6.92 Å². The molecule has 0 saturated heterocycles. The molecule has 0 aliphatic heterocycles. The number of carbonyl (C=O) groups is 1. The van der Waals surface area contributed by atoms with E-state index >= 15 is 0 Å². The maximum Gasteiger partial charge on any atom is 0.227 e. The van der Waals surface area contributed by atoms with Gasteiger partial charge in [-0.1, -0.05) is 35.0 Å². The number of hydrogen-bond acceptors (Lipinski definition) is 6. The second-order valence-corrected chi connectivity index (χ2v) is 6.67. The second-order valence-electron chi connectivity index (χ2n) is 6.67. The molecule has 3 aromatic rings. The molecule has 7 nitrogen and oxygen atoms in total. The molecule has 0 saturated carbocycles. The molecule has 0 aliphatic rings. The molecule has 0 aliphatic carbocycles. The van der Waals surface area contributed by atoms with Crippen LogP contribution < -0.4 is 14.8 Å². The van der Waals surface area contributed by atoms with E-state index in [0.717, 1.165) is 16.7 Å². The Morgan fingerprint density at radius 2 is 1.90 bits per heavy atom. The van der Waals surface area contributed by atoms with Crippen molar-refractivity contribution in [3.8, 4) is 22.9 Å². The van der Waals surface area contributed by atoms with Crippen LogP contribution in [0.5, 0.6) is 11.5 Å². The lowest BCUT2D eigenvalue weighted by atomic mass is 10.1. The molecule has 2 aromatic carbocycles. The normalized spacial score (nSPS) is 10.6. The highest BCUT2D eigenvalue weighted by Gasteiger charge is 2.11. The van der Waals surface area contributed by atoms with Gasteiger partial charge in [-0.15, -0.1) is 0 Å². The predicted molar refractivity (Wildman–Crippen MR) is 109 cm³/mol. The summed E-state index contributed by atoms with van der Waals surface area (Å²) in [6.45, 7) is 2.55. The van der Waals surface area contributed by atoms with Crippen molar-refractivity contribution in [1.82, 2.24) is 15.5 Å². The number of nitrogens with zero attached hydrogens (tertiary/aromatic N) is 2. The molecule has 152 valence electrons. The fraction of sp³-hybridized carbons (Fsp3) is 0.318. The first kappa shape index (κ1) is 20.4. The zero-order valence-electron chi connectivity index (χ0n) is 16.9. The van der Waals surface area contributed by atoms with Gasteiger partial charge in [0.2, 0.25) is 17.6 Å². The lowest BCUT2D eigenvalue weighted by molar-refractivity contribution is -0.121. The standard InChI is InChI=1S/C22H25N3O4/c1-15-5-4-6-17(13-15)22-24-21(29-25-22)10-9-20(26)23-12-11-16-7-8-18(27-2)19(14-16)28-3/h4-8,13-14H,9-12H2,1-3H3,(H,23,26). The van der Waals surface area contributed by atoms with Crippen molar-refractivity contribution < 1.29 is 18.8 Å². The van der Waals surface area contributed by atoms with Gasteiger partial charge in [-0.25, -0.2) is 0 Å². The zero-order valence-corrected chi connectivity index (χ0v) is 16.9. The third kappa shape index (κ3) is 5.57. The van der Waals surface area contributed by atoms with Crippen LogP contribution in [0.1, 0.15) is 23.4 Å². The number of carbonyl (C=O) groups excluding carboxylic acids is 1. The van der Waals surface area contributed by atoms with E-state index in [4.69, 9.17) is 14.0 Å². The smallest absolute Gasteiger partial charge is 0.227 e. The average molecular weight is 395 g/mol. The minimum Gasteiger partial charge on any atom is -0.493 e. The Morgan fingerprint density at radius 1 is 1.07 bits per heavy atom. The van der Waals surface area contributed by atoms with Crippen LogP contribution in [0.3, 0.4) is 0 Å². The number of benzene rings is 2. The van der Waals surface area contributed by atoms with E-state index in [9.17, 15) is 4.79 Å². The Bertz CT molecular complexity index is 968. The highest BCUT2D eigenvalue weighted by atomic mass is 16.5. The molecule has 0 unspecified atom stereocenters. The molecule has 0 spiro atoms. The summed E-state index contributed by atoms with van der Waals surface area (Å²) in [5.74, 6) is 2.30. The highest BCUT2D eigenvalue weighted by Crippen LogP contribution is 2.27. The molecule has 3 rings (SSSR count). The van der Waals surface area contributed by atoms with Gasteiger partial charge in [0.1, 0.15) is 0 Å². The zero-order chi connectivity index (χ0) is 20.6. The topological polar surface area (TPSA) is 86.5 Å². The van der Waals surface area contributed by atoms with Crippen LogP contribution in [0.4, 0.5) is 0 Å². The van der Waals surface area contributed by atoms with E-state index in [1.807, 2.05) is 49.4 Å². The van der Waals surface area contributed by atoms with Crippen molar-refractivity contribution in [3.63, 3.8) is 0 Å². The van der Waals surface area contributed by atoms with Crippen molar-refractivity contribution in [2.45, 2.75) is 26.2 Å². The third-order valence-electron chi connectivity index (χ3n) is 4.49. The second kappa shape index (κ2) is 9.73. The number of methoxy groups -OCH3 is 2. The minimum atomic E-state index is -0.0548. The molecule has 7 heteroatoms. The minimum absolute atomic E-state index is 0.0548. The summed E-state index contributed by atoms with van der Waals surface area (Å²) in [5, 5.41) is 6.91. The molecule has 0 fully saturated rings. The Hall–Kier alpha value is -3.35. The Kier molecular flexibility index (Phi) is 6.84. The number of nitrogens with one attached hydrogen (secondary N) is 1. The van der Waals surface area contributed by atoms with Crippen LogP contribution in [0.25, 0.3) is 11.4 Å². The van der Waals surface area contributed by atoms with Gasteiger partial charge in [-0.05, 0) is 37.1 Å². The number of ether oxygens (including phenoxy) is 2. The molecule has 0 bridgehead atoms. The van der Waals surface area contributed by atoms with Crippen molar-refractivity contribution in [1.29, 1.82) is 0 Å². The molecule has 29 heavy (non-hydrogen) atoms. The van der Waals surface area contributed by atoms with E-state index in [2.05, 4.69) is 15.5 Å². The van der Waals surface area contributed by atoms with Crippen molar-refractivity contribution in [2.24, 2.45) is 0 Å². The lowest BCUT2D eigenvalue weighted by Crippen LogP contribution is -2.25. The largest absolute Gasteiger partial charge is 0.493 e. The molecule has 0 radical (unpaired) electrons. The van der Waals surface area contributed by atoms with Gasteiger partial charge in [0.25, 0.3) is 0 Å². The summed E-state index contributed by atoms with van der Waals surface area (Å²) in [6.07, 6.45) is 1.40. The van der Waals surface area contributed by atoms with E-state index in [1.165, 1.54) is 0 Å². The molecule has 1 aromatic heterocycles. The van der Waals surface area contributed by atoms with Gasteiger partial charge in [0.05, 0.1) is 14.2 Å². The van der Waals surface area contributed by atoms with Crippen LogP contribution in [-0.4, -0.2) is 36.8 Å². The molecule has 1 N–H and O–H groups in total. The van der Waals surface area contributed by atoms with E-state index in [-0.39, 0.29) is 5.91 Å². The summed E-state index contributed by atoms with van der Waals surface area (Å²) < 4.78 is 15.8. The summed E-state index contributed by atoms with van der Waals surface area (Å²) in [5.41, 5.74) is 3.09. The maximum atomic E-state index is 12.1. The van der Waals surface area contributed by atoms with Gasteiger partial charge >= 0.3 is 0 Å². The summed E-state index contributed by atoms with van der Waals surface area (Å²) in [4.78, 5) is 16.5. The number of rotatable bonds is 9. The molecule has 1 heterocycles. The fourth-order valence-corrected chi connectivity index (χ4v) is 2.95. The van der Waals surface area contributed by atoms with Gasteiger partial charge in [0.15, 0.2) is 11.5 Å². The van der Waals surface area contributed by atoms with Gasteiger partial charge < -0.3 is 19.3 Å². The Labute approximate surface area is 170 Å². The third-order valence-corrected chi connectivity index (χ3v) is 4.49. The quantitative estimate of drug-likeness (QED) is 0.598. The van der Waals surface area contributed by atoms with Gasteiger partial charge in [-0.2, -0.15) is 4.98 Å². The fourth-order valence-electron chi connectivity index (χ4n) is 2.95. The SMILES string of the molecule is COc1ccc(CCNC(=O)CCc2nc(-c3cccc(C)c3)no2)cc1OC. The van der Waals surface area contributed by atoms with Crippen molar-refractivity contribution >= 4 is 5.91 Å². The lowest BCUT2D eigenvalue weighted by Gasteiger charge is -2.10. The highest BCUT2D eigenvalue weighted by molar-refractivity contribution is 5.76. The van der Waals surface area contributed by atoms with Crippen LogP contribution in [-0.2, 0) is 17.6 Å². The van der Waals surface area contributed by atoms with E-state index in [1.54, 1.807) is 14.2 Å². The average Bonchev–Trinajstić information content (AvgIpc) is 3.21. The van der Waals surface area contributed by atoms with Crippen LogP contribution in [0.2, 0.25) is 0 Å². The van der Waals surface area contributed by atoms with E-state index < -0.39 is 0 Å². The summed E-state index contributed by atoms with van der Waals surface area (Å²) in [7, 11) is 3.20. The van der Waals surface area contributed by atoms with Crippen LogP contribution >= 0.6 is 0 Å². The van der Waals surface area contributed by atoms with Gasteiger partial charge in [0, 0.05) is 24.9 Å². The summed E-state index contributed by atoms with van der Waals surface area (Å²) >= 11 is 0. The first-order valence-corrected chi connectivity index (χ1v) is 9.46. The number of aromatic nitrogens is 2. The number of hydrogen-bond donors (Lipinski definition) is 1. The Morgan fingerprint density at radius 3 is 2.66 bits per heavy atom. The summed E-state index contributed by atoms with van der Waals surface area (Å²) in [6, 6.07) is 13.6. The number of aryl methyl sites for hydroxylation is 2. The van der Waals surface area contributed by atoms with Crippen LogP contribution in [0.15, 0.2) is 47.0 Å². The molecular formula is C22H25N3O4. The molecule has 0 atom stereocenters. The monoisotopic (exact) mass is 395 g/mol. The first-order chi connectivity index (χ1) is 14.1. The molecule has 1 amide bonds. The van der Waals surface area contributed by atoms with Crippen molar-refractivity contribution in [3.05, 3.63) is 59.5 Å². The molecular weight excluding hydrogens is 370 g/mol. The van der Waals surface area contributed by atoms with Gasteiger partial charge in [-0.3, -0.25) is 4.79 Å².